The van der Waals surface area contributed by atoms with Crippen molar-refractivity contribution in [2.45, 2.75) is 51.5 Å². The SMILES string of the molecule is C[C@@H]1CCCC[C@@H]1C(=O)N1CCC[C@H]1CO. The highest BCUT2D eigenvalue weighted by molar-refractivity contribution is 5.79. The number of aliphatic hydroxyl groups is 1. The van der Waals surface area contributed by atoms with Crippen LogP contribution in [0.4, 0.5) is 0 Å². The number of carbonyl (C=O) groups excluding carboxylic acids is 1. The minimum Gasteiger partial charge on any atom is -0.394 e. The molecule has 0 radical (unpaired) electrons. The zero-order chi connectivity index (χ0) is 11.5. The van der Waals surface area contributed by atoms with E-state index in [9.17, 15) is 9.90 Å². The van der Waals surface area contributed by atoms with Crippen LogP contribution in [0.1, 0.15) is 45.4 Å². The van der Waals surface area contributed by atoms with Crippen LogP contribution < -0.4 is 0 Å². The molecule has 0 spiro atoms. The molecule has 1 heterocycles. The Morgan fingerprint density at radius 3 is 2.69 bits per heavy atom. The second-order valence-corrected chi connectivity index (χ2v) is 5.38. The second kappa shape index (κ2) is 5.17. The maximum Gasteiger partial charge on any atom is 0.226 e. The van der Waals surface area contributed by atoms with Gasteiger partial charge >= 0.3 is 0 Å². The Balaban J connectivity index is 2.00. The number of aliphatic hydroxyl groups excluding tert-OH is 1. The Kier molecular flexibility index (Phi) is 3.85. The Bertz CT molecular complexity index is 250. The van der Waals surface area contributed by atoms with Crippen LogP contribution in [0, 0.1) is 11.8 Å². The predicted molar refractivity (Wildman–Crippen MR) is 62.9 cm³/mol. The molecule has 3 heteroatoms. The van der Waals surface area contributed by atoms with Crippen LogP contribution >= 0.6 is 0 Å². The molecule has 1 aliphatic carbocycles. The van der Waals surface area contributed by atoms with E-state index in [2.05, 4.69) is 6.92 Å². The monoisotopic (exact) mass is 225 g/mol. The van der Waals surface area contributed by atoms with Crippen LogP contribution in [0.3, 0.4) is 0 Å². The summed E-state index contributed by atoms with van der Waals surface area (Å²) in [7, 11) is 0. The standard InChI is InChI=1S/C13H23NO2/c1-10-5-2-3-7-12(10)13(16)14-8-4-6-11(14)9-15/h10-12,15H,2-9H2,1H3/t10-,11+,12+/m1/s1. The van der Waals surface area contributed by atoms with Crippen molar-refractivity contribution < 1.29 is 9.90 Å². The first-order valence-corrected chi connectivity index (χ1v) is 6.65. The maximum absolute atomic E-state index is 12.4. The molecule has 0 aromatic carbocycles. The fourth-order valence-electron chi connectivity index (χ4n) is 3.21. The van der Waals surface area contributed by atoms with E-state index in [4.69, 9.17) is 0 Å². The van der Waals surface area contributed by atoms with Crippen LogP contribution in [-0.2, 0) is 4.79 Å². The van der Waals surface area contributed by atoms with Crippen LogP contribution in [0.2, 0.25) is 0 Å². The van der Waals surface area contributed by atoms with Gasteiger partial charge in [-0.2, -0.15) is 0 Å². The lowest BCUT2D eigenvalue weighted by Gasteiger charge is -2.33. The molecule has 3 atom stereocenters. The second-order valence-electron chi connectivity index (χ2n) is 5.38. The number of hydrogen-bond acceptors (Lipinski definition) is 2. The first-order chi connectivity index (χ1) is 7.74. The van der Waals surface area contributed by atoms with Gasteiger partial charge in [-0.05, 0) is 31.6 Å². The van der Waals surface area contributed by atoms with E-state index in [1.165, 1.54) is 19.3 Å². The zero-order valence-electron chi connectivity index (χ0n) is 10.2. The molecule has 0 aromatic rings. The van der Waals surface area contributed by atoms with E-state index in [0.29, 0.717) is 11.8 Å². The third kappa shape index (κ3) is 2.24. The Labute approximate surface area is 97.8 Å². The van der Waals surface area contributed by atoms with E-state index < -0.39 is 0 Å². The number of nitrogens with zero attached hydrogens (tertiary/aromatic N) is 1. The van der Waals surface area contributed by atoms with E-state index in [-0.39, 0.29) is 18.6 Å². The first kappa shape index (κ1) is 11.9. The van der Waals surface area contributed by atoms with Crippen LogP contribution in [-0.4, -0.2) is 35.1 Å². The maximum atomic E-state index is 12.4. The van der Waals surface area contributed by atoms with Crippen molar-refractivity contribution in [3.8, 4) is 0 Å². The Hall–Kier alpha value is -0.570. The van der Waals surface area contributed by atoms with E-state index >= 15 is 0 Å². The van der Waals surface area contributed by atoms with Gasteiger partial charge in [-0.15, -0.1) is 0 Å². The van der Waals surface area contributed by atoms with Crippen LogP contribution in [0.25, 0.3) is 0 Å². The molecule has 3 nitrogen and oxygen atoms in total. The summed E-state index contributed by atoms with van der Waals surface area (Å²) in [4.78, 5) is 14.3. The summed E-state index contributed by atoms with van der Waals surface area (Å²) in [6.07, 6.45) is 6.73. The molecule has 2 fully saturated rings. The fraction of sp³-hybridized carbons (Fsp3) is 0.923. The number of amides is 1. The number of carbonyl (C=O) groups is 1. The first-order valence-electron chi connectivity index (χ1n) is 6.65. The lowest BCUT2D eigenvalue weighted by molar-refractivity contribution is -0.139. The summed E-state index contributed by atoms with van der Waals surface area (Å²) < 4.78 is 0. The zero-order valence-corrected chi connectivity index (χ0v) is 10.2. The molecule has 1 saturated heterocycles. The number of likely N-dealkylation sites (tertiary alicyclic amines) is 1. The molecular formula is C13H23NO2. The van der Waals surface area contributed by atoms with Gasteiger partial charge < -0.3 is 10.0 Å². The van der Waals surface area contributed by atoms with Gasteiger partial charge in [0.15, 0.2) is 0 Å². The van der Waals surface area contributed by atoms with Gasteiger partial charge in [0.2, 0.25) is 5.91 Å². The summed E-state index contributed by atoms with van der Waals surface area (Å²) in [6, 6.07) is 0.0987. The third-order valence-corrected chi connectivity index (χ3v) is 4.30. The quantitative estimate of drug-likeness (QED) is 0.778. The van der Waals surface area contributed by atoms with E-state index in [1.807, 2.05) is 4.90 Å². The van der Waals surface area contributed by atoms with Crippen molar-refractivity contribution in [2.24, 2.45) is 11.8 Å². The van der Waals surface area contributed by atoms with Crippen molar-refractivity contribution in [2.75, 3.05) is 13.2 Å². The molecule has 2 aliphatic rings. The summed E-state index contributed by atoms with van der Waals surface area (Å²) in [5.74, 6) is 1.06. The summed E-state index contributed by atoms with van der Waals surface area (Å²) in [5.41, 5.74) is 0. The fourth-order valence-corrected chi connectivity index (χ4v) is 3.21. The van der Waals surface area contributed by atoms with Crippen LogP contribution in [0.15, 0.2) is 0 Å². The van der Waals surface area contributed by atoms with Crippen molar-refractivity contribution in [3.63, 3.8) is 0 Å². The smallest absolute Gasteiger partial charge is 0.226 e. The molecule has 0 unspecified atom stereocenters. The van der Waals surface area contributed by atoms with Gasteiger partial charge in [0.05, 0.1) is 12.6 Å². The lowest BCUT2D eigenvalue weighted by Crippen LogP contribution is -2.43. The van der Waals surface area contributed by atoms with E-state index in [1.54, 1.807) is 0 Å². The molecular weight excluding hydrogens is 202 g/mol. The van der Waals surface area contributed by atoms with Gasteiger partial charge in [-0.1, -0.05) is 19.8 Å². The minimum atomic E-state index is 0.0987. The van der Waals surface area contributed by atoms with Crippen molar-refractivity contribution in [3.05, 3.63) is 0 Å². The molecule has 0 aromatic heterocycles. The van der Waals surface area contributed by atoms with Crippen LogP contribution in [0.5, 0.6) is 0 Å². The lowest BCUT2D eigenvalue weighted by atomic mass is 9.79. The third-order valence-electron chi connectivity index (χ3n) is 4.30. The van der Waals surface area contributed by atoms with E-state index in [0.717, 1.165) is 25.8 Å². The van der Waals surface area contributed by atoms with Crippen molar-refractivity contribution in [1.29, 1.82) is 0 Å². The molecule has 1 amide bonds. The normalized spacial score (nSPS) is 35.4. The summed E-state index contributed by atoms with van der Waals surface area (Å²) in [5, 5.41) is 9.26. The molecule has 1 aliphatic heterocycles. The molecule has 2 rings (SSSR count). The Morgan fingerprint density at radius 1 is 1.25 bits per heavy atom. The molecule has 1 saturated carbocycles. The summed E-state index contributed by atoms with van der Waals surface area (Å²) >= 11 is 0. The largest absolute Gasteiger partial charge is 0.394 e. The number of rotatable bonds is 2. The Morgan fingerprint density at radius 2 is 2.00 bits per heavy atom. The average molecular weight is 225 g/mol. The molecule has 16 heavy (non-hydrogen) atoms. The highest BCUT2D eigenvalue weighted by Crippen LogP contribution is 2.32. The highest BCUT2D eigenvalue weighted by atomic mass is 16.3. The van der Waals surface area contributed by atoms with Gasteiger partial charge in [-0.3, -0.25) is 4.79 Å². The molecule has 0 bridgehead atoms. The molecule has 92 valence electrons. The number of hydrogen-bond donors (Lipinski definition) is 1. The summed E-state index contributed by atoms with van der Waals surface area (Å²) in [6.45, 7) is 3.19. The van der Waals surface area contributed by atoms with Crippen molar-refractivity contribution in [1.82, 2.24) is 4.90 Å². The highest BCUT2D eigenvalue weighted by Gasteiger charge is 2.35. The van der Waals surface area contributed by atoms with Gasteiger partial charge in [0.1, 0.15) is 0 Å². The average Bonchev–Trinajstić information content (AvgIpc) is 2.77. The predicted octanol–water partition coefficient (Wildman–Crippen LogP) is 1.80. The molecule has 1 N–H and O–H groups in total. The van der Waals surface area contributed by atoms with Crippen molar-refractivity contribution >= 4 is 5.91 Å². The van der Waals surface area contributed by atoms with Gasteiger partial charge in [-0.25, -0.2) is 0 Å². The van der Waals surface area contributed by atoms with Gasteiger partial charge in [0, 0.05) is 12.5 Å². The minimum absolute atomic E-state index is 0.0987. The topological polar surface area (TPSA) is 40.5 Å². The van der Waals surface area contributed by atoms with Gasteiger partial charge in [0.25, 0.3) is 0 Å².